The van der Waals surface area contributed by atoms with Crippen LogP contribution in [0.25, 0.3) is 0 Å². The molecule has 0 radical (unpaired) electrons. The summed E-state index contributed by atoms with van der Waals surface area (Å²) in [5.74, 6) is 0.867. The van der Waals surface area contributed by atoms with Gasteiger partial charge in [0.25, 0.3) is 0 Å². The second-order valence-electron chi connectivity index (χ2n) is 7.49. The number of thiophene rings is 1. The van der Waals surface area contributed by atoms with Crippen molar-refractivity contribution in [3.8, 4) is 0 Å². The molecule has 0 amide bonds. The van der Waals surface area contributed by atoms with E-state index in [-0.39, 0.29) is 0 Å². The number of hydrogen-bond donors (Lipinski definition) is 1. The van der Waals surface area contributed by atoms with Crippen molar-refractivity contribution in [2.45, 2.75) is 77.3 Å². The Morgan fingerprint density at radius 1 is 1.15 bits per heavy atom. The molecule has 0 saturated heterocycles. The van der Waals surface area contributed by atoms with Crippen LogP contribution in [0, 0.1) is 11.3 Å². The van der Waals surface area contributed by atoms with E-state index in [1.165, 1.54) is 51.4 Å². The molecule has 2 heteroatoms. The zero-order valence-corrected chi connectivity index (χ0v) is 13.8. The lowest BCUT2D eigenvalue weighted by Crippen LogP contribution is -2.46. The lowest BCUT2D eigenvalue weighted by atomic mass is 9.72. The van der Waals surface area contributed by atoms with E-state index in [0.29, 0.717) is 17.5 Å². The van der Waals surface area contributed by atoms with E-state index in [9.17, 15) is 0 Å². The molecule has 3 rings (SSSR count). The Balaban J connectivity index is 1.75. The maximum atomic E-state index is 4.10. The van der Waals surface area contributed by atoms with Gasteiger partial charge in [0.15, 0.2) is 0 Å². The summed E-state index contributed by atoms with van der Waals surface area (Å²) in [6.07, 6.45) is 11.3. The standard InChI is InChI=1S/C18H29NS/c1-18(2)12-6-5-11-16(18)19-17(14-8-3-4-9-14)15-10-7-13-20-15/h7,10,13-14,16-17,19H,3-6,8-9,11-12H2,1-2H3. The molecule has 0 spiro atoms. The molecular formula is C18H29NS. The maximum Gasteiger partial charge on any atom is 0.0445 e. The second-order valence-corrected chi connectivity index (χ2v) is 8.47. The van der Waals surface area contributed by atoms with E-state index in [0.717, 1.165) is 5.92 Å². The Bertz CT molecular complexity index is 403. The maximum absolute atomic E-state index is 4.10. The SMILES string of the molecule is CC1(C)CCCCC1NC(c1cccs1)C1CCCC1. The largest absolute Gasteiger partial charge is 0.306 e. The van der Waals surface area contributed by atoms with Crippen molar-refractivity contribution in [2.24, 2.45) is 11.3 Å². The minimum absolute atomic E-state index is 0.465. The Morgan fingerprint density at radius 2 is 1.90 bits per heavy atom. The fraction of sp³-hybridized carbons (Fsp3) is 0.778. The third-order valence-electron chi connectivity index (χ3n) is 5.61. The molecule has 2 unspecified atom stereocenters. The Hall–Kier alpha value is -0.340. The van der Waals surface area contributed by atoms with Gasteiger partial charge in [0.05, 0.1) is 0 Å². The highest BCUT2D eigenvalue weighted by molar-refractivity contribution is 7.10. The van der Waals surface area contributed by atoms with E-state index in [4.69, 9.17) is 0 Å². The normalized spacial score (nSPS) is 28.6. The first kappa shape index (κ1) is 14.6. The summed E-state index contributed by atoms with van der Waals surface area (Å²) in [7, 11) is 0. The summed E-state index contributed by atoms with van der Waals surface area (Å²) >= 11 is 1.94. The van der Waals surface area contributed by atoms with Crippen LogP contribution in [0.4, 0.5) is 0 Å². The molecule has 1 nitrogen and oxygen atoms in total. The van der Waals surface area contributed by atoms with Crippen LogP contribution in [0.1, 0.15) is 76.1 Å². The average molecular weight is 292 g/mol. The van der Waals surface area contributed by atoms with E-state index in [1.54, 1.807) is 4.88 Å². The van der Waals surface area contributed by atoms with E-state index < -0.39 is 0 Å². The monoisotopic (exact) mass is 291 g/mol. The summed E-state index contributed by atoms with van der Waals surface area (Å²) in [6, 6.07) is 5.87. The van der Waals surface area contributed by atoms with Gasteiger partial charge in [0.1, 0.15) is 0 Å². The zero-order chi connectivity index (χ0) is 14.0. The highest BCUT2D eigenvalue weighted by Gasteiger charge is 2.36. The first-order valence-corrected chi connectivity index (χ1v) is 9.34. The molecular weight excluding hydrogens is 262 g/mol. The first-order chi connectivity index (χ1) is 9.67. The number of rotatable bonds is 4. The molecule has 2 fully saturated rings. The minimum atomic E-state index is 0.465. The topological polar surface area (TPSA) is 12.0 Å². The lowest BCUT2D eigenvalue weighted by Gasteiger charge is -2.42. The van der Waals surface area contributed by atoms with Gasteiger partial charge in [-0.3, -0.25) is 0 Å². The molecule has 0 bridgehead atoms. The Labute approximate surface area is 128 Å². The molecule has 20 heavy (non-hydrogen) atoms. The molecule has 1 heterocycles. The second kappa shape index (κ2) is 6.19. The van der Waals surface area contributed by atoms with Crippen LogP contribution in [-0.2, 0) is 0 Å². The van der Waals surface area contributed by atoms with Gasteiger partial charge in [-0.1, -0.05) is 45.6 Å². The summed E-state index contributed by atoms with van der Waals surface area (Å²) in [6.45, 7) is 4.92. The first-order valence-electron chi connectivity index (χ1n) is 8.46. The molecule has 1 N–H and O–H groups in total. The van der Waals surface area contributed by atoms with Crippen molar-refractivity contribution >= 4 is 11.3 Å². The van der Waals surface area contributed by atoms with Crippen LogP contribution in [0.5, 0.6) is 0 Å². The summed E-state index contributed by atoms with van der Waals surface area (Å²) < 4.78 is 0. The van der Waals surface area contributed by atoms with Gasteiger partial charge in [-0.05, 0) is 48.5 Å². The predicted octanol–water partition coefficient (Wildman–Crippen LogP) is 5.54. The fourth-order valence-corrected chi connectivity index (χ4v) is 5.11. The van der Waals surface area contributed by atoms with Crippen LogP contribution in [0.15, 0.2) is 17.5 Å². The zero-order valence-electron chi connectivity index (χ0n) is 13.0. The van der Waals surface area contributed by atoms with E-state index in [1.807, 2.05) is 11.3 Å². The third-order valence-corrected chi connectivity index (χ3v) is 6.56. The molecule has 0 aromatic carbocycles. The van der Waals surface area contributed by atoms with Crippen molar-refractivity contribution in [1.82, 2.24) is 5.32 Å². The van der Waals surface area contributed by atoms with Crippen molar-refractivity contribution < 1.29 is 0 Å². The van der Waals surface area contributed by atoms with Gasteiger partial charge < -0.3 is 5.32 Å². The van der Waals surface area contributed by atoms with Crippen molar-refractivity contribution in [2.75, 3.05) is 0 Å². The molecule has 2 saturated carbocycles. The van der Waals surface area contributed by atoms with Gasteiger partial charge in [0.2, 0.25) is 0 Å². The number of hydrogen-bond acceptors (Lipinski definition) is 2. The van der Waals surface area contributed by atoms with Crippen molar-refractivity contribution in [3.63, 3.8) is 0 Å². The average Bonchev–Trinajstić information content (AvgIpc) is 3.10. The van der Waals surface area contributed by atoms with Gasteiger partial charge in [-0.15, -0.1) is 11.3 Å². The van der Waals surface area contributed by atoms with Crippen molar-refractivity contribution in [1.29, 1.82) is 0 Å². The highest BCUT2D eigenvalue weighted by atomic mass is 32.1. The molecule has 1 aromatic heterocycles. The van der Waals surface area contributed by atoms with E-state index in [2.05, 4.69) is 36.7 Å². The fourth-order valence-electron chi connectivity index (χ4n) is 4.23. The molecule has 2 aliphatic carbocycles. The Kier molecular flexibility index (Phi) is 4.52. The summed E-state index contributed by atoms with van der Waals surface area (Å²) in [4.78, 5) is 1.57. The van der Waals surface area contributed by atoms with Gasteiger partial charge in [-0.2, -0.15) is 0 Å². The van der Waals surface area contributed by atoms with Crippen LogP contribution < -0.4 is 5.32 Å². The quantitative estimate of drug-likeness (QED) is 0.768. The highest BCUT2D eigenvalue weighted by Crippen LogP contribution is 2.41. The summed E-state index contributed by atoms with van der Waals surface area (Å²) in [5, 5.41) is 6.34. The molecule has 112 valence electrons. The molecule has 2 atom stereocenters. The summed E-state index contributed by atoms with van der Waals surface area (Å²) in [5.41, 5.74) is 0.465. The molecule has 2 aliphatic rings. The Morgan fingerprint density at radius 3 is 2.55 bits per heavy atom. The number of nitrogens with one attached hydrogen (secondary N) is 1. The van der Waals surface area contributed by atoms with Crippen molar-refractivity contribution in [3.05, 3.63) is 22.4 Å². The van der Waals surface area contributed by atoms with Crippen LogP contribution in [0.3, 0.4) is 0 Å². The molecule has 0 aliphatic heterocycles. The van der Waals surface area contributed by atoms with Crippen LogP contribution in [0.2, 0.25) is 0 Å². The van der Waals surface area contributed by atoms with E-state index >= 15 is 0 Å². The van der Waals surface area contributed by atoms with Gasteiger partial charge in [0, 0.05) is 17.0 Å². The molecule has 1 aromatic rings. The van der Waals surface area contributed by atoms with Gasteiger partial charge in [-0.25, -0.2) is 0 Å². The van der Waals surface area contributed by atoms with Crippen LogP contribution in [-0.4, -0.2) is 6.04 Å². The third kappa shape index (κ3) is 3.12. The predicted molar refractivity (Wildman–Crippen MR) is 88.2 cm³/mol. The van der Waals surface area contributed by atoms with Crippen LogP contribution >= 0.6 is 11.3 Å². The minimum Gasteiger partial charge on any atom is -0.306 e. The van der Waals surface area contributed by atoms with Gasteiger partial charge >= 0.3 is 0 Å². The smallest absolute Gasteiger partial charge is 0.0445 e. The lowest BCUT2D eigenvalue weighted by molar-refractivity contribution is 0.143.